The molecule has 3 heteroatoms. The van der Waals surface area contributed by atoms with Gasteiger partial charge >= 0.3 is 0 Å². The van der Waals surface area contributed by atoms with Crippen molar-refractivity contribution < 1.29 is 4.74 Å². The summed E-state index contributed by atoms with van der Waals surface area (Å²) in [6.07, 6.45) is 6.40. The summed E-state index contributed by atoms with van der Waals surface area (Å²) in [6.45, 7) is 4.14. The molecule has 0 aromatic carbocycles. The van der Waals surface area contributed by atoms with Gasteiger partial charge in [0.25, 0.3) is 0 Å². The Kier molecular flexibility index (Phi) is 6.32. The number of rotatable bonds is 6. The summed E-state index contributed by atoms with van der Waals surface area (Å²) in [6, 6.07) is 1.01. The lowest BCUT2D eigenvalue weighted by atomic mass is 9.86. The minimum atomic E-state index is 0.254. The molecule has 0 saturated heterocycles. The summed E-state index contributed by atoms with van der Waals surface area (Å²) in [4.78, 5) is 2.45. The number of hydrogen-bond donors (Lipinski definition) is 1. The van der Waals surface area contributed by atoms with Crippen molar-refractivity contribution >= 4 is 0 Å². The van der Waals surface area contributed by atoms with Gasteiger partial charge in [-0.1, -0.05) is 6.92 Å². The SMILES string of the molecule is COCCC(N)CN(C)C1CCC(C)CC1. The lowest BCUT2D eigenvalue weighted by Crippen LogP contribution is -2.42. The molecule has 0 aliphatic heterocycles. The second-order valence-electron chi connectivity index (χ2n) is 5.39. The summed E-state index contributed by atoms with van der Waals surface area (Å²) in [5.41, 5.74) is 6.07. The van der Waals surface area contributed by atoms with Gasteiger partial charge in [-0.3, -0.25) is 0 Å². The van der Waals surface area contributed by atoms with E-state index in [0.29, 0.717) is 0 Å². The Morgan fingerprint density at radius 2 is 1.94 bits per heavy atom. The molecule has 0 heterocycles. The highest BCUT2D eigenvalue weighted by Crippen LogP contribution is 2.26. The number of likely N-dealkylation sites (N-methyl/N-ethyl adjacent to an activating group) is 1. The molecule has 16 heavy (non-hydrogen) atoms. The average Bonchev–Trinajstić information content (AvgIpc) is 2.27. The van der Waals surface area contributed by atoms with E-state index < -0.39 is 0 Å². The van der Waals surface area contributed by atoms with Gasteiger partial charge in [0.15, 0.2) is 0 Å². The first-order valence-corrected chi connectivity index (χ1v) is 6.58. The van der Waals surface area contributed by atoms with Crippen LogP contribution >= 0.6 is 0 Å². The van der Waals surface area contributed by atoms with Crippen LogP contribution in [0, 0.1) is 5.92 Å². The van der Waals surface area contributed by atoms with Gasteiger partial charge in [0, 0.05) is 32.3 Å². The maximum atomic E-state index is 6.07. The largest absolute Gasteiger partial charge is 0.385 e. The second-order valence-corrected chi connectivity index (χ2v) is 5.39. The summed E-state index contributed by atoms with van der Waals surface area (Å²) >= 11 is 0. The van der Waals surface area contributed by atoms with Crippen molar-refractivity contribution in [3.8, 4) is 0 Å². The lowest BCUT2D eigenvalue weighted by Gasteiger charge is -2.34. The number of ether oxygens (including phenoxy) is 1. The van der Waals surface area contributed by atoms with Crippen molar-refractivity contribution in [3.63, 3.8) is 0 Å². The van der Waals surface area contributed by atoms with Crippen LogP contribution in [0.2, 0.25) is 0 Å². The van der Waals surface area contributed by atoms with E-state index in [1.807, 2.05) is 0 Å². The minimum absolute atomic E-state index is 0.254. The van der Waals surface area contributed by atoms with Crippen molar-refractivity contribution in [1.82, 2.24) is 4.90 Å². The van der Waals surface area contributed by atoms with Crippen LogP contribution in [0.1, 0.15) is 39.0 Å². The third-order valence-electron chi connectivity index (χ3n) is 3.82. The highest BCUT2D eigenvalue weighted by atomic mass is 16.5. The van der Waals surface area contributed by atoms with Crippen molar-refractivity contribution in [2.75, 3.05) is 27.3 Å². The fraction of sp³-hybridized carbons (Fsp3) is 1.00. The summed E-state index contributed by atoms with van der Waals surface area (Å²) in [5.74, 6) is 0.923. The summed E-state index contributed by atoms with van der Waals surface area (Å²) in [5, 5.41) is 0. The first kappa shape index (κ1) is 13.9. The fourth-order valence-electron chi connectivity index (χ4n) is 2.56. The average molecular weight is 228 g/mol. The van der Waals surface area contributed by atoms with Crippen LogP contribution in [0.4, 0.5) is 0 Å². The fourth-order valence-corrected chi connectivity index (χ4v) is 2.56. The van der Waals surface area contributed by atoms with E-state index in [1.54, 1.807) is 7.11 Å². The summed E-state index contributed by atoms with van der Waals surface area (Å²) < 4.78 is 5.06. The van der Waals surface area contributed by atoms with Crippen LogP contribution in [-0.4, -0.2) is 44.3 Å². The molecule has 0 aromatic heterocycles. The van der Waals surface area contributed by atoms with Gasteiger partial charge in [-0.2, -0.15) is 0 Å². The molecular formula is C13H28N2O. The van der Waals surface area contributed by atoms with Crippen LogP contribution < -0.4 is 5.73 Å². The third-order valence-corrected chi connectivity index (χ3v) is 3.82. The molecule has 1 atom stereocenters. The van der Waals surface area contributed by atoms with E-state index in [0.717, 1.165) is 31.5 Å². The zero-order valence-electron chi connectivity index (χ0n) is 11.1. The van der Waals surface area contributed by atoms with E-state index in [1.165, 1.54) is 25.7 Å². The van der Waals surface area contributed by atoms with Crippen LogP contribution in [0.15, 0.2) is 0 Å². The Morgan fingerprint density at radius 3 is 2.50 bits per heavy atom. The normalized spacial score (nSPS) is 28.3. The predicted molar refractivity (Wildman–Crippen MR) is 68.5 cm³/mol. The third kappa shape index (κ3) is 4.81. The molecule has 96 valence electrons. The molecule has 0 radical (unpaired) electrons. The maximum Gasteiger partial charge on any atom is 0.0477 e. The van der Waals surface area contributed by atoms with E-state index in [9.17, 15) is 0 Å². The van der Waals surface area contributed by atoms with Gasteiger partial charge in [0.1, 0.15) is 0 Å². The van der Waals surface area contributed by atoms with Gasteiger partial charge in [-0.05, 0) is 45.1 Å². The Balaban J connectivity index is 2.20. The topological polar surface area (TPSA) is 38.5 Å². The van der Waals surface area contributed by atoms with E-state index >= 15 is 0 Å². The smallest absolute Gasteiger partial charge is 0.0477 e. The first-order valence-electron chi connectivity index (χ1n) is 6.58. The van der Waals surface area contributed by atoms with Gasteiger partial charge in [0.05, 0.1) is 0 Å². The Hall–Kier alpha value is -0.120. The van der Waals surface area contributed by atoms with Gasteiger partial charge in [-0.25, -0.2) is 0 Å². The first-order chi connectivity index (χ1) is 7.63. The molecule has 1 aliphatic carbocycles. The Bertz CT molecular complexity index is 179. The van der Waals surface area contributed by atoms with Gasteiger partial charge in [-0.15, -0.1) is 0 Å². The van der Waals surface area contributed by atoms with Crippen LogP contribution in [0.5, 0.6) is 0 Å². The quantitative estimate of drug-likeness (QED) is 0.754. The number of hydrogen-bond acceptors (Lipinski definition) is 3. The van der Waals surface area contributed by atoms with Gasteiger partial charge in [0.2, 0.25) is 0 Å². The molecular weight excluding hydrogens is 200 g/mol. The molecule has 1 saturated carbocycles. The lowest BCUT2D eigenvalue weighted by molar-refractivity contribution is 0.145. The Morgan fingerprint density at radius 1 is 1.31 bits per heavy atom. The van der Waals surface area contributed by atoms with Crippen LogP contribution in [-0.2, 0) is 4.74 Å². The van der Waals surface area contributed by atoms with Crippen molar-refractivity contribution in [2.45, 2.75) is 51.1 Å². The second kappa shape index (κ2) is 7.25. The zero-order chi connectivity index (χ0) is 12.0. The van der Waals surface area contributed by atoms with Gasteiger partial charge < -0.3 is 15.4 Å². The Labute approximate surface area is 100 Å². The molecule has 0 aromatic rings. The summed E-state index contributed by atoms with van der Waals surface area (Å²) in [7, 11) is 3.95. The monoisotopic (exact) mass is 228 g/mol. The maximum absolute atomic E-state index is 6.07. The number of nitrogens with two attached hydrogens (primary N) is 1. The molecule has 3 nitrogen and oxygen atoms in total. The minimum Gasteiger partial charge on any atom is -0.385 e. The molecule has 1 fully saturated rings. The van der Waals surface area contributed by atoms with E-state index in [-0.39, 0.29) is 6.04 Å². The zero-order valence-corrected chi connectivity index (χ0v) is 11.1. The van der Waals surface area contributed by atoms with E-state index in [4.69, 9.17) is 10.5 Å². The molecule has 1 unspecified atom stereocenters. The van der Waals surface area contributed by atoms with Crippen molar-refractivity contribution in [2.24, 2.45) is 11.7 Å². The molecule has 0 bridgehead atoms. The van der Waals surface area contributed by atoms with Crippen LogP contribution in [0.25, 0.3) is 0 Å². The molecule has 0 amide bonds. The standard InChI is InChI=1S/C13H28N2O/c1-11-4-6-13(7-5-11)15(2)10-12(14)8-9-16-3/h11-13H,4-10,14H2,1-3H3. The van der Waals surface area contributed by atoms with E-state index in [2.05, 4.69) is 18.9 Å². The number of methoxy groups -OCH3 is 1. The molecule has 1 aliphatic rings. The molecule has 0 spiro atoms. The molecule has 1 rings (SSSR count). The van der Waals surface area contributed by atoms with Crippen LogP contribution in [0.3, 0.4) is 0 Å². The highest BCUT2D eigenvalue weighted by molar-refractivity contribution is 4.78. The van der Waals surface area contributed by atoms with Crippen molar-refractivity contribution in [3.05, 3.63) is 0 Å². The molecule has 2 N–H and O–H groups in total. The van der Waals surface area contributed by atoms with Crippen molar-refractivity contribution in [1.29, 1.82) is 0 Å². The highest BCUT2D eigenvalue weighted by Gasteiger charge is 2.22. The predicted octanol–water partition coefficient (Wildman–Crippen LogP) is 1.86. The number of nitrogens with zero attached hydrogens (tertiary/aromatic N) is 1.